The topological polar surface area (TPSA) is 53.8 Å². The average molecular weight is 377 g/mol. The molecule has 0 unspecified atom stereocenters. The Kier molecular flexibility index (Phi) is 4.26. The van der Waals surface area contributed by atoms with Crippen molar-refractivity contribution in [1.29, 1.82) is 0 Å². The summed E-state index contributed by atoms with van der Waals surface area (Å²) < 4.78 is 6.11. The average Bonchev–Trinajstić information content (AvgIpc) is 3.06. The first-order valence-corrected chi connectivity index (χ1v) is 8.27. The molecule has 0 aliphatic carbocycles. The Morgan fingerprint density at radius 2 is 2.09 bits per heavy atom. The van der Waals surface area contributed by atoms with Crippen molar-refractivity contribution in [2.45, 2.75) is 26.3 Å². The largest absolute Gasteiger partial charge is 0.459 e. The zero-order valence-electron chi connectivity index (χ0n) is 13.0. The maximum Gasteiger partial charge on any atom is 0.294 e. The SMILES string of the molecule is CC[C@H]1CN(C(=O)c2ccco2)c2cc(Br)ccc2N1C(C)=O. The molecular formula is C17H17BrN2O3. The van der Waals surface area contributed by atoms with Gasteiger partial charge in [0.1, 0.15) is 0 Å². The summed E-state index contributed by atoms with van der Waals surface area (Å²) in [5.74, 6) is 0.0728. The van der Waals surface area contributed by atoms with E-state index in [9.17, 15) is 9.59 Å². The summed E-state index contributed by atoms with van der Waals surface area (Å²) in [7, 11) is 0. The molecule has 0 fully saturated rings. The number of halogens is 1. The molecule has 120 valence electrons. The molecule has 0 saturated carbocycles. The maximum atomic E-state index is 12.8. The fraction of sp³-hybridized carbons (Fsp3) is 0.294. The third-order valence-electron chi connectivity index (χ3n) is 4.03. The number of nitrogens with zero attached hydrogens (tertiary/aromatic N) is 2. The van der Waals surface area contributed by atoms with Crippen LogP contribution in [0.2, 0.25) is 0 Å². The fourth-order valence-corrected chi connectivity index (χ4v) is 3.32. The summed E-state index contributed by atoms with van der Waals surface area (Å²) in [5, 5.41) is 0. The van der Waals surface area contributed by atoms with Crippen LogP contribution >= 0.6 is 15.9 Å². The van der Waals surface area contributed by atoms with Crippen LogP contribution in [0.15, 0.2) is 45.5 Å². The Balaban J connectivity index is 2.11. The molecule has 0 N–H and O–H groups in total. The predicted molar refractivity (Wildman–Crippen MR) is 91.8 cm³/mol. The normalized spacial score (nSPS) is 17.1. The first-order chi connectivity index (χ1) is 11.0. The first-order valence-electron chi connectivity index (χ1n) is 7.47. The number of carbonyl (C=O) groups is 2. The summed E-state index contributed by atoms with van der Waals surface area (Å²) >= 11 is 3.44. The van der Waals surface area contributed by atoms with E-state index in [-0.39, 0.29) is 17.9 Å². The summed E-state index contributed by atoms with van der Waals surface area (Å²) in [6.07, 6.45) is 2.25. The minimum atomic E-state index is -0.198. The molecule has 0 bridgehead atoms. The van der Waals surface area contributed by atoms with Gasteiger partial charge in [0, 0.05) is 17.9 Å². The van der Waals surface area contributed by atoms with Gasteiger partial charge in [0.2, 0.25) is 5.91 Å². The summed E-state index contributed by atoms with van der Waals surface area (Å²) in [6.45, 7) is 4.01. The molecule has 0 radical (unpaired) electrons. The van der Waals surface area contributed by atoms with Crippen LogP contribution in [-0.4, -0.2) is 24.4 Å². The van der Waals surface area contributed by atoms with Gasteiger partial charge in [-0.1, -0.05) is 22.9 Å². The van der Waals surface area contributed by atoms with Crippen LogP contribution in [0.5, 0.6) is 0 Å². The van der Waals surface area contributed by atoms with Crippen molar-refractivity contribution in [3.8, 4) is 0 Å². The second-order valence-electron chi connectivity index (χ2n) is 5.48. The predicted octanol–water partition coefficient (Wildman–Crippen LogP) is 3.83. The van der Waals surface area contributed by atoms with E-state index in [1.807, 2.05) is 25.1 Å². The number of amides is 2. The number of benzene rings is 1. The van der Waals surface area contributed by atoms with E-state index in [1.165, 1.54) is 6.26 Å². The zero-order chi connectivity index (χ0) is 16.6. The van der Waals surface area contributed by atoms with Crippen LogP contribution in [0.3, 0.4) is 0 Å². The van der Waals surface area contributed by atoms with E-state index in [2.05, 4.69) is 15.9 Å². The molecule has 1 aliphatic rings. The molecule has 0 saturated heterocycles. The van der Waals surface area contributed by atoms with Crippen molar-refractivity contribution < 1.29 is 14.0 Å². The second kappa shape index (κ2) is 6.20. The fourth-order valence-electron chi connectivity index (χ4n) is 2.97. The number of carbonyl (C=O) groups excluding carboxylic acids is 2. The lowest BCUT2D eigenvalue weighted by Gasteiger charge is -2.41. The quantitative estimate of drug-likeness (QED) is 0.799. The minimum absolute atomic E-state index is 0.0227. The molecule has 1 aliphatic heterocycles. The molecule has 6 heteroatoms. The molecule has 2 amide bonds. The van der Waals surface area contributed by atoms with Gasteiger partial charge in [-0.25, -0.2) is 0 Å². The van der Waals surface area contributed by atoms with Crippen molar-refractivity contribution in [3.63, 3.8) is 0 Å². The number of hydrogen-bond donors (Lipinski definition) is 0. The molecule has 3 rings (SSSR count). The molecule has 2 aromatic rings. The van der Waals surface area contributed by atoms with E-state index in [1.54, 1.807) is 28.9 Å². The Morgan fingerprint density at radius 1 is 1.30 bits per heavy atom. The van der Waals surface area contributed by atoms with Crippen molar-refractivity contribution in [3.05, 3.63) is 46.8 Å². The molecule has 0 spiro atoms. The van der Waals surface area contributed by atoms with Gasteiger partial charge in [0.15, 0.2) is 5.76 Å². The van der Waals surface area contributed by atoms with E-state index < -0.39 is 0 Å². The molecular weight excluding hydrogens is 360 g/mol. The summed E-state index contributed by atoms with van der Waals surface area (Å²) in [6, 6.07) is 8.89. The molecule has 1 aromatic heterocycles. The number of anilines is 2. The highest BCUT2D eigenvalue weighted by Crippen LogP contribution is 2.39. The third kappa shape index (κ3) is 2.79. The van der Waals surface area contributed by atoms with Crippen molar-refractivity contribution >= 4 is 39.1 Å². The van der Waals surface area contributed by atoms with Crippen molar-refractivity contribution in [2.24, 2.45) is 0 Å². The molecule has 1 atom stereocenters. The highest BCUT2D eigenvalue weighted by Gasteiger charge is 2.36. The zero-order valence-corrected chi connectivity index (χ0v) is 14.5. The van der Waals surface area contributed by atoms with Gasteiger partial charge in [-0.05, 0) is 36.8 Å². The molecule has 1 aromatic carbocycles. The first kappa shape index (κ1) is 15.8. The van der Waals surface area contributed by atoms with Crippen LogP contribution in [-0.2, 0) is 4.79 Å². The Bertz CT molecular complexity index is 742. The van der Waals surface area contributed by atoms with Gasteiger partial charge in [-0.15, -0.1) is 0 Å². The second-order valence-corrected chi connectivity index (χ2v) is 6.39. The number of hydrogen-bond acceptors (Lipinski definition) is 3. The number of fused-ring (bicyclic) bond motifs is 1. The third-order valence-corrected chi connectivity index (χ3v) is 4.53. The van der Waals surface area contributed by atoms with E-state index in [4.69, 9.17) is 4.42 Å². The van der Waals surface area contributed by atoms with Gasteiger partial charge in [0.25, 0.3) is 5.91 Å². The van der Waals surface area contributed by atoms with Gasteiger partial charge < -0.3 is 14.2 Å². The molecule has 23 heavy (non-hydrogen) atoms. The van der Waals surface area contributed by atoms with Gasteiger partial charge in [-0.3, -0.25) is 9.59 Å². The number of furan rings is 1. The maximum absolute atomic E-state index is 12.8. The molecule has 2 heterocycles. The van der Waals surface area contributed by atoms with Crippen molar-refractivity contribution in [1.82, 2.24) is 0 Å². The molecule has 5 nitrogen and oxygen atoms in total. The van der Waals surface area contributed by atoms with E-state index >= 15 is 0 Å². The van der Waals surface area contributed by atoms with E-state index in [0.717, 1.165) is 16.6 Å². The van der Waals surface area contributed by atoms with Crippen LogP contribution < -0.4 is 9.80 Å². The lowest BCUT2D eigenvalue weighted by Crippen LogP contribution is -2.52. The monoisotopic (exact) mass is 376 g/mol. The summed E-state index contributed by atoms with van der Waals surface area (Å²) in [5.41, 5.74) is 1.46. The van der Waals surface area contributed by atoms with Gasteiger partial charge in [-0.2, -0.15) is 0 Å². The highest BCUT2D eigenvalue weighted by molar-refractivity contribution is 9.10. The van der Waals surface area contributed by atoms with Crippen LogP contribution in [0.4, 0.5) is 11.4 Å². The van der Waals surface area contributed by atoms with Gasteiger partial charge in [0.05, 0.1) is 23.7 Å². The van der Waals surface area contributed by atoms with Crippen LogP contribution in [0, 0.1) is 0 Å². The lowest BCUT2D eigenvalue weighted by molar-refractivity contribution is -0.117. The minimum Gasteiger partial charge on any atom is -0.459 e. The Labute approximate surface area is 143 Å². The Morgan fingerprint density at radius 3 is 2.70 bits per heavy atom. The smallest absolute Gasteiger partial charge is 0.294 e. The van der Waals surface area contributed by atoms with Gasteiger partial charge >= 0.3 is 0 Å². The van der Waals surface area contributed by atoms with E-state index in [0.29, 0.717) is 18.0 Å². The Hall–Kier alpha value is -2.08. The summed E-state index contributed by atoms with van der Waals surface area (Å²) in [4.78, 5) is 28.4. The lowest BCUT2D eigenvalue weighted by atomic mass is 10.0. The van der Waals surface area contributed by atoms with Crippen molar-refractivity contribution in [2.75, 3.05) is 16.3 Å². The van der Waals surface area contributed by atoms with Crippen LogP contribution in [0.25, 0.3) is 0 Å². The van der Waals surface area contributed by atoms with Crippen LogP contribution in [0.1, 0.15) is 30.8 Å². The highest BCUT2D eigenvalue weighted by atomic mass is 79.9. The standard InChI is InChI=1S/C17H17BrN2O3/c1-3-13-10-19(17(22)16-5-4-8-23-16)15-9-12(18)6-7-14(15)20(13)11(2)21/h4-9,13H,3,10H2,1-2H3/t13-/m0/s1. The number of rotatable bonds is 2.